The molecule has 1 aliphatic rings. The van der Waals surface area contributed by atoms with Gasteiger partial charge in [-0.25, -0.2) is 4.98 Å². The number of amides is 2. The molecule has 0 spiro atoms. The molecule has 1 atom stereocenters. The van der Waals surface area contributed by atoms with Crippen LogP contribution in [0.15, 0.2) is 28.9 Å². The van der Waals surface area contributed by atoms with E-state index in [1.165, 1.54) is 6.26 Å². The van der Waals surface area contributed by atoms with Crippen LogP contribution in [0, 0.1) is 13.8 Å². The smallest absolute Gasteiger partial charge is 0.275 e. The number of hydrogen-bond donors (Lipinski definition) is 1. The van der Waals surface area contributed by atoms with Crippen LogP contribution in [-0.2, 0) is 11.2 Å². The molecule has 1 aliphatic heterocycles. The predicted octanol–water partition coefficient (Wildman–Crippen LogP) is 1.42. The van der Waals surface area contributed by atoms with Gasteiger partial charge in [-0.1, -0.05) is 12.1 Å². The number of likely N-dealkylation sites (N-methyl/N-ethyl adjacent to an activating group) is 1. The minimum atomic E-state index is -0.390. The number of aromatic nitrogens is 1. The Morgan fingerprint density at radius 2 is 2.10 bits per heavy atom. The van der Waals surface area contributed by atoms with E-state index in [2.05, 4.69) is 16.4 Å². The normalized spacial score (nSPS) is 17.2. The first-order chi connectivity index (χ1) is 13.9. The Kier molecular flexibility index (Phi) is 6.53. The summed E-state index contributed by atoms with van der Waals surface area (Å²) in [5.74, 6) is 1.02. The van der Waals surface area contributed by atoms with E-state index in [1.807, 2.05) is 31.0 Å². The molecular formula is C21H28N4O4. The molecule has 0 aliphatic carbocycles. The number of carbonyl (C=O) groups excluding carboxylic acids is 2. The Bertz CT molecular complexity index is 879. The maximum atomic E-state index is 12.7. The Hall–Kier alpha value is -2.87. The molecule has 1 saturated heterocycles. The zero-order chi connectivity index (χ0) is 21.0. The Morgan fingerprint density at radius 3 is 2.76 bits per heavy atom. The van der Waals surface area contributed by atoms with Crippen LogP contribution in [0.2, 0.25) is 0 Å². The molecular weight excluding hydrogens is 372 g/mol. The second kappa shape index (κ2) is 9.09. The van der Waals surface area contributed by atoms with Crippen molar-refractivity contribution in [2.75, 3.05) is 40.3 Å². The average molecular weight is 400 g/mol. The quantitative estimate of drug-likeness (QED) is 0.789. The Balaban J connectivity index is 1.55. The summed E-state index contributed by atoms with van der Waals surface area (Å²) in [6.07, 6.45) is 2.09. The van der Waals surface area contributed by atoms with E-state index in [-0.39, 0.29) is 17.5 Å². The van der Waals surface area contributed by atoms with Crippen molar-refractivity contribution < 1.29 is 18.7 Å². The van der Waals surface area contributed by atoms with E-state index < -0.39 is 6.04 Å². The van der Waals surface area contributed by atoms with E-state index >= 15 is 0 Å². The van der Waals surface area contributed by atoms with Crippen LogP contribution >= 0.6 is 0 Å². The largest absolute Gasteiger partial charge is 0.496 e. The van der Waals surface area contributed by atoms with Crippen LogP contribution in [0.4, 0.5) is 0 Å². The molecule has 0 radical (unpaired) electrons. The number of benzene rings is 1. The number of aryl methyl sites for hydroxylation is 2. The van der Waals surface area contributed by atoms with Gasteiger partial charge in [-0.05, 0) is 37.6 Å². The van der Waals surface area contributed by atoms with Gasteiger partial charge in [0.15, 0.2) is 11.6 Å². The van der Waals surface area contributed by atoms with Gasteiger partial charge in [0.1, 0.15) is 18.1 Å². The van der Waals surface area contributed by atoms with E-state index in [1.54, 1.807) is 18.9 Å². The molecule has 0 bridgehead atoms. The molecule has 1 aromatic heterocycles. The highest BCUT2D eigenvalue weighted by molar-refractivity contribution is 5.93. The SMILES string of the molecule is COc1ccc(CCNC(=O)[C@H]2CN(C(=O)c3coc(C)n3)CCN2C)cc1C. The number of nitrogens with zero attached hydrogens (tertiary/aromatic N) is 3. The maximum Gasteiger partial charge on any atom is 0.275 e. The summed E-state index contributed by atoms with van der Waals surface area (Å²) in [5.41, 5.74) is 2.49. The molecule has 8 heteroatoms. The van der Waals surface area contributed by atoms with Crippen molar-refractivity contribution in [2.45, 2.75) is 26.3 Å². The minimum Gasteiger partial charge on any atom is -0.496 e. The topological polar surface area (TPSA) is 87.9 Å². The third-order valence-electron chi connectivity index (χ3n) is 5.25. The first-order valence-electron chi connectivity index (χ1n) is 9.72. The number of oxazole rings is 1. The van der Waals surface area contributed by atoms with Crippen molar-refractivity contribution in [1.29, 1.82) is 0 Å². The Morgan fingerprint density at radius 1 is 1.31 bits per heavy atom. The monoisotopic (exact) mass is 400 g/mol. The van der Waals surface area contributed by atoms with Gasteiger partial charge in [-0.15, -0.1) is 0 Å². The molecule has 2 heterocycles. The number of rotatable bonds is 6. The second-order valence-corrected chi connectivity index (χ2v) is 7.34. The molecule has 3 rings (SSSR count). The fraction of sp³-hybridized carbons (Fsp3) is 0.476. The molecule has 2 aromatic rings. The molecule has 8 nitrogen and oxygen atoms in total. The molecule has 1 N–H and O–H groups in total. The lowest BCUT2D eigenvalue weighted by molar-refractivity contribution is -0.127. The van der Waals surface area contributed by atoms with Gasteiger partial charge in [-0.2, -0.15) is 0 Å². The molecule has 156 valence electrons. The van der Waals surface area contributed by atoms with Gasteiger partial charge in [0.2, 0.25) is 5.91 Å². The first-order valence-corrected chi connectivity index (χ1v) is 9.72. The zero-order valence-corrected chi connectivity index (χ0v) is 17.4. The van der Waals surface area contributed by atoms with Gasteiger partial charge in [0.05, 0.1) is 7.11 Å². The van der Waals surface area contributed by atoms with Crippen LogP contribution in [-0.4, -0.2) is 73.0 Å². The van der Waals surface area contributed by atoms with Gasteiger partial charge in [-0.3, -0.25) is 14.5 Å². The fourth-order valence-electron chi connectivity index (χ4n) is 3.51. The summed E-state index contributed by atoms with van der Waals surface area (Å²) in [4.78, 5) is 33.1. The molecule has 29 heavy (non-hydrogen) atoms. The van der Waals surface area contributed by atoms with Gasteiger partial charge >= 0.3 is 0 Å². The van der Waals surface area contributed by atoms with E-state index in [9.17, 15) is 9.59 Å². The lowest BCUT2D eigenvalue weighted by Gasteiger charge is -2.38. The third kappa shape index (κ3) is 4.95. The lowest BCUT2D eigenvalue weighted by atomic mass is 10.1. The number of ether oxygens (including phenoxy) is 1. The average Bonchev–Trinajstić information content (AvgIpc) is 3.14. The summed E-state index contributed by atoms with van der Waals surface area (Å²) >= 11 is 0. The van der Waals surface area contributed by atoms with Gasteiger partial charge in [0.25, 0.3) is 5.91 Å². The van der Waals surface area contributed by atoms with Crippen molar-refractivity contribution in [3.8, 4) is 5.75 Å². The highest BCUT2D eigenvalue weighted by Gasteiger charge is 2.33. The van der Waals surface area contributed by atoms with Crippen molar-refractivity contribution in [3.05, 3.63) is 47.2 Å². The molecule has 0 unspecified atom stereocenters. The molecule has 2 amide bonds. The number of hydrogen-bond acceptors (Lipinski definition) is 6. The van der Waals surface area contributed by atoms with E-state index in [0.29, 0.717) is 32.1 Å². The van der Waals surface area contributed by atoms with Crippen molar-refractivity contribution in [3.63, 3.8) is 0 Å². The van der Waals surface area contributed by atoms with Crippen molar-refractivity contribution >= 4 is 11.8 Å². The molecule has 1 aromatic carbocycles. The molecule has 1 fully saturated rings. The summed E-state index contributed by atoms with van der Waals surface area (Å²) in [5, 5.41) is 3.00. The first kappa shape index (κ1) is 20.9. The summed E-state index contributed by atoms with van der Waals surface area (Å²) in [7, 11) is 3.56. The third-order valence-corrected chi connectivity index (χ3v) is 5.25. The minimum absolute atomic E-state index is 0.0773. The van der Waals surface area contributed by atoms with Gasteiger partial charge in [0, 0.05) is 33.1 Å². The fourth-order valence-corrected chi connectivity index (χ4v) is 3.51. The summed E-state index contributed by atoms with van der Waals surface area (Å²) in [6.45, 7) is 5.73. The second-order valence-electron chi connectivity index (χ2n) is 7.34. The lowest BCUT2D eigenvalue weighted by Crippen LogP contribution is -2.58. The number of piperazine rings is 1. The highest BCUT2D eigenvalue weighted by atomic mass is 16.5. The van der Waals surface area contributed by atoms with Crippen LogP contribution in [0.3, 0.4) is 0 Å². The maximum absolute atomic E-state index is 12.7. The van der Waals surface area contributed by atoms with Crippen molar-refractivity contribution in [1.82, 2.24) is 20.1 Å². The van der Waals surface area contributed by atoms with Gasteiger partial charge < -0.3 is 19.4 Å². The highest BCUT2D eigenvalue weighted by Crippen LogP contribution is 2.18. The van der Waals surface area contributed by atoms with Crippen LogP contribution in [0.1, 0.15) is 27.5 Å². The van der Waals surface area contributed by atoms with Crippen molar-refractivity contribution in [2.24, 2.45) is 0 Å². The zero-order valence-electron chi connectivity index (χ0n) is 17.4. The standard InChI is InChI=1S/C21H28N4O4/c1-14-11-16(5-6-19(14)28-4)7-8-22-20(26)18-12-25(10-9-24(18)3)21(27)17-13-29-15(2)23-17/h5-6,11,13,18H,7-10,12H2,1-4H3,(H,22,26)/t18-/m1/s1. The number of nitrogens with one attached hydrogen (secondary N) is 1. The van der Waals surface area contributed by atoms with E-state index in [4.69, 9.17) is 9.15 Å². The number of methoxy groups -OCH3 is 1. The summed E-state index contributed by atoms with van der Waals surface area (Å²) < 4.78 is 10.4. The van der Waals surface area contributed by atoms with Crippen LogP contribution in [0.25, 0.3) is 0 Å². The molecule has 0 saturated carbocycles. The summed E-state index contributed by atoms with van der Waals surface area (Å²) in [6, 6.07) is 5.62. The predicted molar refractivity (Wildman–Crippen MR) is 108 cm³/mol. The van der Waals surface area contributed by atoms with E-state index in [0.717, 1.165) is 23.3 Å². The van der Waals surface area contributed by atoms with Crippen LogP contribution < -0.4 is 10.1 Å². The van der Waals surface area contributed by atoms with Crippen LogP contribution in [0.5, 0.6) is 5.75 Å². The number of carbonyl (C=O) groups is 2. The Labute approximate surface area is 170 Å².